The number of fused-ring (bicyclic) bond motifs is 1. The van der Waals surface area contributed by atoms with Gasteiger partial charge in [-0.3, -0.25) is 4.57 Å². The van der Waals surface area contributed by atoms with E-state index in [1.54, 1.807) is 17.7 Å². The third-order valence-electron chi connectivity index (χ3n) is 3.30. The van der Waals surface area contributed by atoms with Crippen molar-refractivity contribution in [3.05, 3.63) is 52.5 Å². The van der Waals surface area contributed by atoms with Crippen molar-refractivity contribution in [2.75, 3.05) is 7.11 Å². The zero-order valence-corrected chi connectivity index (χ0v) is 11.9. The van der Waals surface area contributed by atoms with Crippen LogP contribution in [0.1, 0.15) is 5.56 Å². The fourth-order valence-corrected chi connectivity index (χ4v) is 2.65. The monoisotopic (exact) mass is 288 g/mol. The van der Waals surface area contributed by atoms with E-state index in [0.717, 1.165) is 22.3 Å². The number of hydrogen-bond acceptors (Lipinski definition) is 2. The molecule has 0 spiro atoms. The number of para-hydroxylation sites is 1. The van der Waals surface area contributed by atoms with E-state index in [2.05, 4.69) is 4.98 Å². The Morgan fingerprint density at radius 3 is 2.75 bits per heavy atom. The van der Waals surface area contributed by atoms with Gasteiger partial charge in [-0.1, -0.05) is 12.1 Å². The van der Waals surface area contributed by atoms with Crippen molar-refractivity contribution >= 4 is 23.3 Å². The molecule has 20 heavy (non-hydrogen) atoms. The quantitative estimate of drug-likeness (QED) is 0.718. The van der Waals surface area contributed by atoms with Crippen LogP contribution in [0.2, 0.25) is 0 Å². The SMILES string of the molecule is COc1ccc2c(c1)[nH]c(=S)n2-c1c(C)cccc1F. The molecule has 0 aliphatic heterocycles. The molecule has 0 aliphatic rings. The topological polar surface area (TPSA) is 29.9 Å². The molecule has 0 saturated heterocycles. The van der Waals surface area contributed by atoms with Gasteiger partial charge in [0.1, 0.15) is 11.6 Å². The smallest absolute Gasteiger partial charge is 0.182 e. The number of nitrogens with zero attached hydrogens (tertiary/aromatic N) is 1. The molecule has 0 atom stereocenters. The van der Waals surface area contributed by atoms with E-state index in [9.17, 15) is 4.39 Å². The lowest BCUT2D eigenvalue weighted by Crippen LogP contribution is -2.00. The second-order valence-corrected chi connectivity index (χ2v) is 4.94. The second kappa shape index (κ2) is 4.76. The van der Waals surface area contributed by atoms with Crippen LogP contribution in [0.5, 0.6) is 5.75 Å². The summed E-state index contributed by atoms with van der Waals surface area (Å²) in [6, 6.07) is 10.5. The molecule has 3 nitrogen and oxygen atoms in total. The summed E-state index contributed by atoms with van der Waals surface area (Å²) < 4.78 is 21.5. The normalized spacial score (nSPS) is 10.9. The summed E-state index contributed by atoms with van der Waals surface area (Å²) in [5, 5.41) is 0. The van der Waals surface area contributed by atoms with E-state index in [-0.39, 0.29) is 5.82 Å². The van der Waals surface area contributed by atoms with Gasteiger partial charge in [0.15, 0.2) is 4.77 Å². The van der Waals surface area contributed by atoms with Gasteiger partial charge in [-0.15, -0.1) is 0 Å². The Morgan fingerprint density at radius 2 is 2.05 bits per heavy atom. The number of halogens is 1. The number of ether oxygens (including phenoxy) is 1. The molecule has 0 amide bonds. The van der Waals surface area contributed by atoms with Gasteiger partial charge in [-0.25, -0.2) is 4.39 Å². The average molecular weight is 288 g/mol. The van der Waals surface area contributed by atoms with Crippen LogP contribution in [0, 0.1) is 17.5 Å². The largest absolute Gasteiger partial charge is 0.497 e. The Hall–Kier alpha value is -2.14. The lowest BCUT2D eigenvalue weighted by Gasteiger charge is -2.09. The number of nitrogens with one attached hydrogen (secondary N) is 1. The Morgan fingerprint density at radius 1 is 1.25 bits per heavy atom. The third kappa shape index (κ3) is 1.91. The minimum Gasteiger partial charge on any atom is -0.497 e. The van der Waals surface area contributed by atoms with E-state index in [1.807, 2.05) is 31.2 Å². The molecule has 0 fully saturated rings. The van der Waals surface area contributed by atoms with Crippen LogP contribution in [0.15, 0.2) is 36.4 Å². The first kappa shape index (κ1) is 12.9. The van der Waals surface area contributed by atoms with E-state index < -0.39 is 0 Å². The summed E-state index contributed by atoms with van der Waals surface area (Å²) in [4.78, 5) is 3.09. The first-order chi connectivity index (χ1) is 9.61. The predicted molar refractivity (Wildman–Crippen MR) is 79.7 cm³/mol. The number of rotatable bonds is 2. The van der Waals surface area contributed by atoms with E-state index >= 15 is 0 Å². The van der Waals surface area contributed by atoms with Crippen LogP contribution in [-0.4, -0.2) is 16.7 Å². The number of aromatic amines is 1. The number of benzene rings is 2. The summed E-state index contributed by atoms with van der Waals surface area (Å²) in [5.74, 6) is 0.434. The highest BCUT2D eigenvalue weighted by Gasteiger charge is 2.13. The maximum absolute atomic E-state index is 14.2. The Balaban J connectivity index is 2.37. The lowest BCUT2D eigenvalue weighted by atomic mass is 10.2. The molecule has 3 aromatic rings. The molecular formula is C15H13FN2OS. The molecule has 0 aliphatic carbocycles. The van der Waals surface area contributed by atoms with Gasteiger partial charge < -0.3 is 9.72 Å². The van der Waals surface area contributed by atoms with Crippen molar-refractivity contribution in [1.29, 1.82) is 0 Å². The van der Waals surface area contributed by atoms with Crippen molar-refractivity contribution in [3.8, 4) is 11.4 Å². The summed E-state index contributed by atoms with van der Waals surface area (Å²) in [6.45, 7) is 1.86. The van der Waals surface area contributed by atoms with E-state index in [0.29, 0.717) is 10.5 Å². The fourth-order valence-electron chi connectivity index (χ4n) is 2.35. The van der Waals surface area contributed by atoms with Crippen molar-refractivity contribution in [3.63, 3.8) is 0 Å². The molecule has 0 radical (unpaired) electrons. The van der Waals surface area contributed by atoms with Gasteiger partial charge >= 0.3 is 0 Å². The Labute approximate surface area is 120 Å². The predicted octanol–water partition coefficient (Wildman–Crippen LogP) is 4.14. The Kier molecular flexibility index (Phi) is 3.06. The van der Waals surface area contributed by atoms with Crippen LogP contribution in [0.25, 0.3) is 16.7 Å². The first-order valence-electron chi connectivity index (χ1n) is 6.16. The average Bonchev–Trinajstić information content (AvgIpc) is 2.74. The molecule has 5 heteroatoms. The van der Waals surface area contributed by atoms with E-state index in [4.69, 9.17) is 17.0 Å². The molecule has 1 N–H and O–H groups in total. The maximum Gasteiger partial charge on any atom is 0.182 e. The molecule has 1 aromatic heterocycles. The van der Waals surface area contributed by atoms with Crippen LogP contribution < -0.4 is 4.74 Å². The van der Waals surface area contributed by atoms with Gasteiger partial charge in [0, 0.05) is 6.07 Å². The molecule has 2 aromatic carbocycles. The van der Waals surface area contributed by atoms with Crippen LogP contribution in [0.4, 0.5) is 4.39 Å². The minimum atomic E-state index is -0.294. The Bertz CT molecular complexity index is 830. The van der Waals surface area contributed by atoms with Gasteiger partial charge in [0.2, 0.25) is 0 Å². The van der Waals surface area contributed by atoms with Gasteiger partial charge in [-0.05, 0) is 42.9 Å². The highest BCUT2D eigenvalue weighted by Crippen LogP contribution is 2.26. The zero-order chi connectivity index (χ0) is 14.3. The maximum atomic E-state index is 14.2. The molecule has 102 valence electrons. The van der Waals surface area contributed by atoms with Crippen LogP contribution >= 0.6 is 12.2 Å². The van der Waals surface area contributed by atoms with Crippen LogP contribution in [-0.2, 0) is 0 Å². The summed E-state index contributed by atoms with van der Waals surface area (Å²) in [5.41, 5.74) is 2.95. The molecule has 3 rings (SSSR count). The second-order valence-electron chi connectivity index (χ2n) is 4.55. The number of imidazole rings is 1. The van der Waals surface area contributed by atoms with Gasteiger partial charge in [-0.2, -0.15) is 0 Å². The number of aromatic nitrogens is 2. The summed E-state index contributed by atoms with van der Waals surface area (Å²) >= 11 is 5.33. The lowest BCUT2D eigenvalue weighted by molar-refractivity contribution is 0.415. The molecule has 1 heterocycles. The third-order valence-corrected chi connectivity index (χ3v) is 3.59. The van der Waals surface area contributed by atoms with Crippen molar-refractivity contribution in [2.45, 2.75) is 6.92 Å². The number of aryl methyl sites for hydroxylation is 1. The standard InChI is InChI=1S/C15H13FN2OS/c1-9-4-3-5-11(16)14(9)18-13-7-6-10(19-2)8-12(13)17-15(18)20/h3-8H,1-2H3,(H,17,20). The number of methoxy groups -OCH3 is 1. The molecule has 0 bridgehead atoms. The van der Waals surface area contributed by atoms with Crippen molar-refractivity contribution in [2.24, 2.45) is 0 Å². The summed E-state index contributed by atoms with van der Waals surface area (Å²) in [6.07, 6.45) is 0. The molecule has 0 unspecified atom stereocenters. The van der Waals surface area contributed by atoms with Gasteiger partial charge in [0.05, 0.1) is 23.8 Å². The highest BCUT2D eigenvalue weighted by molar-refractivity contribution is 7.71. The molecular weight excluding hydrogens is 275 g/mol. The van der Waals surface area contributed by atoms with E-state index in [1.165, 1.54) is 6.07 Å². The molecule has 0 saturated carbocycles. The highest BCUT2D eigenvalue weighted by atomic mass is 32.1. The summed E-state index contributed by atoms with van der Waals surface area (Å²) in [7, 11) is 1.60. The number of H-pyrrole nitrogens is 1. The van der Waals surface area contributed by atoms with Gasteiger partial charge in [0.25, 0.3) is 0 Å². The zero-order valence-electron chi connectivity index (χ0n) is 11.1. The van der Waals surface area contributed by atoms with Crippen molar-refractivity contribution in [1.82, 2.24) is 9.55 Å². The van der Waals surface area contributed by atoms with Crippen molar-refractivity contribution < 1.29 is 9.13 Å². The minimum absolute atomic E-state index is 0.294. The van der Waals surface area contributed by atoms with Crippen LogP contribution in [0.3, 0.4) is 0 Å². The first-order valence-corrected chi connectivity index (χ1v) is 6.57. The number of hydrogen-bond donors (Lipinski definition) is 1. The fraction of sp³-hybridized carbons (Fsp3) is 0.133.